The SMILES string of the molecule is CC(N)c1ncc(-c2ccc3c(c2)ncn3C)nn1. The molecule has 19 heavy (non-hydrogen) atoms. The van der Waals surface area contributed by atoms with Crippen molar-refractivity contribution in [3.8, 4) is 11.3 Å². The molecule has 2 N–H and O–H groups in total. The number of benzene rings is 1. The Kier molecular flexibility index (Phi) is 2.72. The minimum atomic E-state index is -0.208. The third-order valence-corrected chi connectivity index (χ3v) is 3.01. The van der Waals surface area contributed by atoms with Crippen LogP contribution in [0.2, 0.25) is 0 Å². The van der Waals surface area contributed by atoms with E-state index in [2.05, 4.69) is 20.2 Å². The minimum Gasteiger partial charge on any atom is -0.334 e. The summed E-state index contributed by atoms with van der Waals surface area (Å²) in [5.41, 5.74) is 9.38. The molecule has 0 aliphatic heterocycles. The minimum absolute atomic E-state index is 0.208. The van der Waals surface area contributed by atoms with E-state index in [1.54, 1.807) is 12.5 Å². The number of imidazole rings is 1. The van der Waals surface area contributed by atoms with Crippen molar-refractivity contribution in [1.29, 1.82) is 0 Å². The lowest BCUT2D eigenvalue weighted by atomic mass is 10.1. The van der Waals surface area contributed by atoms with Crippen molar-refractivity contribution in [2.24, 2.45) is 12.8 Å². The van der Waals surface area contributed by atoms with E-state index in [0.717, 1.165) is 22.3 Å². The Morgan fingerprint density at radius 1 is 1.21 bits per heavy atom. The van der Waals surface area contributed by atoms with Gasteiger partial charge in [-0.15, -0.1) is 10.2 Å². The average molecular weight is 254 g/mol. The molecule has 0 spiro atoms. The van der Waals surface area contributed by atoms with Gasteiger partial charge in [0.1, 0.15) is 5.69 Å². The quantitative estimate of drug-likeness (QED) is 0.748. The van der Waals surface area contributed by atoms with E-state index in [-0.39, 0.29) is 6.04 Å². The molecule has 0 fully saturated rings. The van der Waals surface area contributed by atoms with Gasteiger partial charge in [-0.25, -0.2) is 9.97 Å². The molecule has 0 aliphatic carbocycles. The smallest absolute Gasteiger partial charge is 0.167 e. The highest BCUT2D eigenvalue weighted by atomic mass is 15.2. The zero-order valence-corrected chi connectivity index (χ0v) is 10.8. The van der Waals surface area contributed by atoms with Crippen molar-refractivity contribution < 1.29 is 0 Å². The number of hydrogen-bond donors (Lipinski definition) is 1. The first-order valence-electron chi connectivity index (χ1n) is 6.02. The van der Waals surface area contributed by atoms with Crippen molar-refractivity contribution in [2.75, 3.05) is 0 Å². The Morgan fingerprint density at radius 2 is 2.05 bits per heavy atom. The molecule has 2 aromatic heterocycles. The fraction of sp³-hybridized carbons (Fsp3) is 0.231. The predicted octanol–water partition coefficient (Wildman–Crippen LogP) is 1.45. The monoisotopic (exact) mass is 254 g/mol. The number of aryl methyl sites for hydroxylation is 1. The largest absolute Gasteiger partial charge is 0.334 e. The summed E-state index contributed by atoms with van der Waals surface area (Å²) < 4.78 is 1.97. The number of nitrogens with zero attached hydrogens (tertiary/aromatic N) is 5. The molecule has 0 saturated heterocycles. The van der Waals surface area contributed by atoms with Gasteiger partial charge in [0.25, 0.3) is 0 Å². The normalized spacial score (nSPS) is 12.8. The van der Waals surface area contributed by atoms with E-state index in [0.29, 0.717) is 5.82 Å². The van der Waals surface area contributed by atoms with Crippen LogP contribution in [0.5, 0.6) is 0 Å². The van der Waals surface area contributed by atoms with E-state index < -0.39 is 0 Å². The second-order valence-corrected chi connectivity index (χ2v) is 4.55. The van der Waals surface area contributed by atoms with Crippen LogP contribution in [0.1, 0.15) is 18.8 Å². The van der Waals surface area contributed by atoms with Crippen molar-refractivity contribution in [3.63, 3.8) is 0 Å². The molecule has 6 nitrogen and oxygen atoms in total. The molecule has 1 atom stereocenters. The summed E-state index contributed by atoms with van der Waals surface area (Å²) in [7, 11) is 1.97. The van der Waals surface area contributed by atoms with Gasteiger partial charge in [-0.3, -0.25) is 0 Å². The van der Waals surface area contributed by atoms with E-state index in [9.17, 15) is 0 Å². The Labute approximate surface area is 110 Å². The summed E-state index contributed by atoms with van der Waals surface area (Å²) in [4.78, 5) is 8.54. The molecule has 0 saturated carbocycles. The van der Waals surface area contributed by atoms with E-state index >= 15 is 0 Å². The first kappa shape index (κ1) is 11.7. The summed E-state index contributed by atoms with van der Waals surface area (Å²) in [6.07, 6.45) is 3.48. The van der Waals surface area contributed by atoms with Crippen molar-refractivity contribution >= 4 is 11.0 Å². The van der Waals surface area contributed by atoms with Crippen molar-refractivity contribution in [1.82, 2.24) is 24.7 Å². The van der Waals surface area contributed by atoms with Crippen molar-refractivity contribution in [2.45, 2.75) is 13.0 Å². The van der Waals surface area contributed by atoms with Crippen LogP contribution in [0, 0.1) is 0 Å². The maximum absolute atomic E-state index is 5.70. The summed E-state index contributed by atoms with van der Waals surface area (Å²) in [5, 5.41) is 8.18. The molecular weight excluding hydrogens is 240 g/mol. The van der Waals surface area contributed by atoms with Crippen LogP contribution in [-0.4, -0.2) is 24.7 Å². The lowest BCUT2D eigenvalue weighted by Gasteiger charge is -2.04. The molecule has 3 rings (SSSR count). The fourth-order valence-electron chi connectivity index (χ4n) is 1.92. The summed E-state index contributed by atoms with van der Waals surface area (Å²) in [5.74, 6) is 0.544. The highest BCUT2D eigenvalue weighted by Crippen LogP contribution is 2.21. The van der Waals surface area contributed by atoms with Gasteiger partial charge in [-0.05, 0) is 19.1 Å². The Hall–Kier alpha value is -2.34. The van der Waals surface area contributed by atoms with Gasteiger partial charge in [0.05, 0.1) is 29.6 Å². The van der Waals surface area contributed by atoms with E-state index in [4.69, 9.17) is 5.73 Å². The van der Waals surface area contributed by atoms with Crippen LogP contribution < -0.4 is 5.73 Å². The van der Waals surface area contributed by atoms with Crippen LogP contribution >= 0.6 is 0 Å². The van der Waals surface area contributed by atoms with Crippen molar-refractivity contribution in [3.05, 3.63) is 36.5 Å². The predicted molar refractivity (Wildman–Crippen MR) is 72.1 cm³/mol. The summed E-state index contributed by atoms with van der Waals surface area (Å²) in [6, 6.07) is 5.77. The first-order chi connectivity index (χ1) is 9.15. The molecule has 0 aliphatic rings. The molecule has 2 heterocycles. The molecule has 1 unspecified atom stereocenters. The number of hydrogen-bond acceptors (Lipinski definition) is 5. The highest BCUT2D eigenvalue weighted by Gasteiger charge is 2.07. The molecule has 0 radical (unpaired) electrons. The van der Waals surface area contributed by atoms with Crippen LogP contribution in [0.4, 0.5) is 0 Å². The maximum atomic E-state index is 5.70. The standard InChI is InChI=1S/C13H14N6/c1-8(14)13-15-6-11(17-18-13)9-3-4-12-10(5-9)16-7-19(12)2/h3-8H,14H2,1-2H3. The van der Waals surface area contributed by atoms with Crippen LogP contribution in [-0.2, 0) is 7.05 Å². The lowest BCUT2D eigenvalue weighted by Crippen LogP contribution is -2.10. The second kappa shape index (κ2) is 4.40. The molecular formula is C13H14N6. The first-order valence-corrected chi connectivity index (χ1v) is 6.02. The Morgan fingerprint density at radius 3 is 2.74 bits per heavy atom. The number of fused-ring (bicyclic) bond motifs is 1. The van der Waals surface area contributed by atoms with Crippen LogP contribution in [0.3, 0.4) is 0 Å². The molecule has 0 amide bonds. The third-order valence-electron chi connectivity index (χ3n) is 3.01. The molecule has 0 bridgehead atoms. The van der Waals surface area contributed by atoms with E-state index in [1.807, 2.05) is 36.7 Å². The second-order valence-electron chi connectivity index (χ2n) is 4.55. The maximum Gasteiger partial charge on any atom is 0.167 e. The molecule has 96 valence electrons. The number of rotatable bonds is 2. The third kappa shape index (κ3) is 2.06. The van der Waals surface area contributed by atoms with Crippen LogP contribution in [0.25, 0.3) is 22.3 Å². The topological polar surface area (TPSA) is 82.5 Å². The van der Waals surface area contributed by atoms with Gasteiger partial charge in [-0.2, -0.15) is 0 Å². The van der Waals surface area contributed by atoms with Gasteiger partial charge in [0.15, 0.2) is 5.82 Å². The van der Waals surface area contributed by atoms with Gasteiger partial charge in [-0.1, -0.05) is 6.07 Å². The van der Waals surface area contributed by atoms with Gasteiger partial charge in [0, 0.05) is 12.6 Å². The van der Waals surface area contributed by atoms with E-state index in [1.165, 1.54) is 0 Å². The zero-order chi connectivity index (χ0) is 13.4. The van der Waals surface area contributed by atoms with Crippen LogP contribution in [0.15, 0.2) is 30.7 Å². The lowest BCUT2D eigenvalue weighted by molar-refractivity contribution is 0.709. The Balaban J connectivity index is 2.03. The average Bonchev–Trinajstić information content (AvgIpc) is 2.80. The fourth-order valence-corrected chi connectivity index (χ4v) is 1.92. The summed E-state index contributed by atoms with van der Waals surface area (Å²) in [6.45, 7) is 1.83. The molecule has 3 aromatic rings. The molecule has 1 aromatic carbocycles. The zero-order valence-electron chi connectivity index (χ0n) is 10.8. The Bertz CT molecular complexity index is 714. The molecule has 6 heteroatoms. The van der Waals surface area contributed by atoms with Gasteiger partial charge < -0.3 is 10.3 Å². The number of aromatic nitrogens is 5. The number of nitrogens with two attached hydrogens (primary N) is 1. The van der Waals surface area contributed by atoms with Gasteiger partial charge in [0.2, 0.25) is 0 Å². The highest BCUT2D eigenvalue weighted by molar-refractivity contribution is 5.80. The van der Waals surface area contributed by atoms with Gasteiger partial charge >= 0.3 is 0 Å². The summed E-state index contributed by atoms with van der Waals surface area (Å²) >= 11 is 0.